The third-order valence-electron chi connectivity index (χ3n) is 5.58. The summed E-state index contributed by atoms with van der Waals surface area (Å²) in [6, 6.07) is 23.1. The average Bonchev–Trinajstić information content (AvgIpc) is 3.37. The molecule has 4 rings (SSSR count). The van der Waals surface area contributed by atoms with E-state index in [9.17, 15) is 9.59 Å². The van der Waals surface area contributed by atoms with Crippen LogP contribution >= 0.6 is 11.8 Å². The van der Waals surface area contributed by atoms with Crippen LogP contribution in [0.1, 0.15) is 44.7 Å². The number of para-hydroxylation sites is 1. The maximum Gasteiger partial charge on any atom is 0.255 e. The molecule has 1 aliphatic heterocycles. The molecular formula is C27H28N2O3S. The topological polar surface area (TPSA) is 67.4 Å². The largest absolute Gasteiger partial charge is 0.376 e. The molecule has 1 fully saturated rings. The SMILES string of the molecule is Cc1ccc(SCc2ccc(C(=O)Nc3ccccc3C(=O)NC[C@@H]3CCCO3)cc2)cc1. The Labute approximate surface area is 198 Å². The number of rotatable bonds is 8. The second-order valence-electron chi connectivity index (χ2n) is 8.14. The molecule has 5 nitrogen and oxygen atoms in total. The molecule has 0 unspecified atom stereocenters. The number of benzene rings is 3. The van der Waals surface area contributed by atoms with Gasteiger partial charge in [-0.3, -0.25) is 9.59 Å². The average molecular weight is 461 g/mol. The Bertz CT molecular complexity index is 1090. The van der Waals surface area contributed by atoms with Crippen molar-refractivity contribution in [1.29, 1.82) is 0 Å². The predicted octanol–water partition coefficient (Wildman–Crippen LogP) is 5.45. The first-order valence-electron chi connectivity index (χ1n) is 11.2. The molecule has 0 spiro atoms. The number of hydrogen-bond acceptors (Lipinski definition) is 4. The number of anilines is 1. The molecule has 6 heteroatoms. The Morgan fingerprint density at radius 1 is 0.970 bits per heavy atom. The second-order valence-corrected chi connectivity index (χ2v) is 9.19. The first-order chi connectivity index (χ1) is 16.1. The van der Waals surface area contributed by atoms with E-state index in [1.54, 1.807) is 36.0 Å². The van der Waals surface area contributed by atoms with Crippen LogP contribution in [0.4, 0.5) is 5.69 Å². The van der Waals surface area contributed by atoms with Gasteiger partial charge in [0, 0.05) is 29.4 Å². The number of carbonyl (C=O) groups excluding carboxylic acids is 2. The highest BCUT2D eigenvalue weighted by molar-refractivity contribution is 7.98. The van der Waals surface area contributed by atoms with Crippen LogP contribution < -0.4 is 10.6 Å². The normalized spacial score (nSPS) is 15.2. The highest BCUT2D eigenvalue weighted by atomic mass is 32.2. The van der Waals surface area contributed by atoms with Gasteiger partial charge in [0.25, 0.3) is 11.8 Å². The molecule has 2 N–H and O–H groups in total. The minimum absolute atomic E-state index is 0.0680. The van der Waals surface area contributed by atoms with Crippen LogP contribution in [0.3, 0.4) is 0 Å². The third kappa shape index (κ3) is 6.46. The van der Waals surface area contributed by atoms with E-state index in [0.29, 0.717) is 23.4 Å². The summed E-state index contributed by atoms with van der Waals surface area (Å²) < 4.78 is 5.56. The number of nitrogens with one attached hydrogen (secondary N) is 2. The second kappa shape index (κ2) is 11.2. The highest BCUT2D eigenvalue weighted by Crippen LogP contribution is 2.23. The summed E-state index contributed by atoms with van der Waals surface area (Å²) in [4.78, 5) is 26.7. The van der Waals surface area contributed by atoms with E-state index in [0.717, 1.165) is 30.8 Å². The van der Waals surface area contributed by atoms with Gasteiger partial charge in [-0.2, -0.15) is 0 Å². The Hall–Kier alpha value is -3.09. The molecule has 0 aromatic heterocycles. The molecule has 1 aliphatic rings. The maximum absolute atomic E-state index is 12.8. The monoisotopic (exact) mass is 460 g/mol. The summed E-state index contributed by atoms with van der Waals surface area (Å²) in [6.45, 7) is 3.30. The standard InChI is InChI=1S/C27H28N2O3S/c1-19-8-14-23(15-9-19)33-18-20-10-12-21(13-11-20)26(30)29-25-7-3-2-6-24(25)27(31)28-17-22-5-4-16-32-22/h2-3,6-15,22H,4-5,16-18H2,1H3,(H,28,31)(H,29,30)/t22-/m0/s1. The Morgan fingerprint density at radius 3 is 2.45 bits per heavy atom. The number of amides is 2. The summed E-state index contributed by atoms with van der Waals surface area (Å²) in [6.07, 6.45) is 2.05. The lowest BCUT2D eigenvalue weighted by molar-refractivity contribution is 0.0858. The molecule has 33 heavy (non-hydrogen) atoms. The van der Waals surface area contributed by atoms with Gasteiger partial charge in [-0.05, 0) is 61.7 Å². The Kier molecular flexibility index (Phi) is 7.81. The lowest BCUT2D eigenvalue weighted by Gasteiger charge is -2.14. The molecule has 1 saturated heterocycles. The van der Waals surface area contributed by atoms with Crippen molar-refractivity contribution in [3.8, 4) is 0 Å². The number of ether oxygens (including phenoxy) is 1. The minimum atomic E-state index is -0.243. The number of thioether (sulfide) groups is 1. The Morgan fingerprint density at radius 2 is 1.73 bits per heavy atom. The van der Waals surface area contributed by atoms with Crippen molar-refractivity contribution in [2.45, 2.75) is 36.5 Å². The van der Waals surface area contributed by atoms with E-state index in [-0.39, 0.29) is 17.9 Å². The molecule has 1 atom stereocenters. The Balaban J connectivity index is 1.34. The van der Waals surface area contributed by atoms with Crippen LogP contribution in [0.5, 0.6) is 0 Å². The maximum atomic E-state index is 12.8. The van der Waals surface area contributed by atoms with Crippen molar-refractivity contribution < 1.29 is 14.3 Å². The van der Waals surface area contributed by atoms with Gasteiger partial charge >= 0.3 is 0 Å². The van der Waals surface area contributed by atoms with Crippen LogP contribution in [0.15, 0.2) is 77.7 Å². The van der Waals surface area contributed by atoms with E-state index in [2.05, 4.69) is 41.8 Å². The van der Waals surface area contributed by atoms with Gasteiger partial charge in [0.15, 0.2) is 0 Å². The van der Waals surface area contributed by atoms with E-state index in [1.807, 2.05) is 24.3 Å². The van der Waals surface area contributed by atoms with Crippen LogP contribution in [0.25, 0.3) is 0 Å². The molecule has 0 saturated carbocycles. The van der Waals surface area contributed by atoms with Crippen LogP contribution in [-0.4, -0.2) is 31.1 Å². The lowest BCUT2D eigenvalue weighted by atomic mass is 10.1. The molecule has 0 radical (unpaired) electrons. The van der Waals surface area contributed by atoms with E-state index in [4.69, 9.17) is 4.74 Å². The lowest BCUT2D eigenvalue weighted by Crippen LogP contribution is -2.32. The summed E-state index contributed by atoms with van der Waals surface area (Å²) in [7, 11) is 0. The zero-order valence-electron chi connectivity index (χ0n) is 18.7. The molecule has 2 amide bonds. The van der Waals surface area contributed by atoms with Crippen LogP contribution in [-0.2, 0) is 10.5 Å². The molecule has 0 aliphatic carbocycles. The first kappa shape index (κ1) is 23.1. The predicted molar refractivity (Wildman–Crippen MR) is 133 cm³/mol. The van der Waals surface area contributed by atoms with Gasteiger partial charge in [0.1, 0.15) is 0 Å². The number of carbonyl (C=O) groups is 2. The minimum Gasteiger partial charge on any atom is -0.376 e. The van der Waals surface area contributed by atoms with E-state index < -0.39 is 0 Å². The van der Waals surface area contributed by atoms with Gasteiger partial charge in [-0.25, -0.2) is 0 Å². The van der Waals surface area contributed by atoms with E-state index >= 15 is 0 Å². The number of aryl methyl sites for hydroxylation is 1. The van der Waals surface area contributed by atoms with Crippen LogP contribution in [0, 0.1) is 6.92 Å². The van der Waals surface area contributed by atoms with Crippen molar-refractivity contribution in [3.63, 3.8) is 0 Å². The number of hydrogen-bond donors (Lipinski definition) is 2. The fraction of sp³-hybridized carbons (Fsp3) is 0.259. The summed E-state index contributed by atoms with van der Waals surface area (Å²) in [5, 5.41) is 5.80. The fourth-order valence-electron chi connectivity index (χ4n) is 3.65. The van der Waals surface area contributed by atoms with Crippen molar-refractivity contribution in [2.24, 2.45) is 0 Å². The fourth-order valence-corrected chi connectivity index (χ4v) is 4.50. The molecular weight excluding hydrogens is 432 g/mol. The van der Waals surface area contributed by atoms with Crippen molar-refractivity contribution in [2.75, 3.05) is 18.5 Å². The van der Waals surface area contributed by atoms with Gasteiger partial charge in [0.2, 0.25) is 0 Å². The first-order valence-corrected chi connectivity index (χ1v) is 12.2. The van der Waals surface area contributed by atoms with Crippen molar-refractivity contribution >= 4 is 29.3 Å². The van der Waals surface area contributed by atoms with Gasteiger partial charge in [-0.15, -0.1) is 11.8 Å². The summed E-state index contributed by atoms with van der Waals surface area (Å²) in [5.41, 5.74) is 3.87. The molecule has 3 aromatic carbocycles. The summed E-state index contributed by atoms with van der Waals surface area (Å²) in [5.74, 6) is 0.371. The van der Waals surface area contributed by atoms with Crippen molar-refractivity contribution in [1.82, 2.24) is 5.32 Å². The smallest absolute Gasteiger partial charge is 0.255 e. The quantitative estimate of drug-likeness (QED) is 0.439. The molecule has 1 heterocycles. The van der Waals surface area contributed by atoms with Gasteiger partial charge < -0.3 is 15.4 Å². The zero-order chi connectivity index (χ0) is 23.0. The molecule has 170 valence electrons. The molecule has 3 aromatic rings. The molecule has 0 bridgehead atoms. The van der Waals surface area contributed by atoms with Crippen LogP contribution in [0.2, 0.25) is 0 Å². The third-order valence-corrected chi connectivity index (χ3v) is 6.66. The van der Waals surface area contributed by atoms with Crippen molar-refractivity contribution in [3.05, 3.63) is 95.1 Å². The van der Waals surface area contributed by atoms with Gasteiger partial charge in [0.05, 0.1) is 17.4 Å². The zero-order valence-corrected chi connectivity index (χ0v) is 19.5. The van der Waals surface area contributed by atoms with Gasteiger partial charge in [-0.1, -0.05) is 42.0 Å². The summed E-state index contributed by atoms with van der Waals surface area (Å²) >= 11 is 1.76. The highest BCUT2D eigenvalue weighted by Gasteiger charge is 2.18. The van der Waals surface area contributed by atoms with E-state index in [1.165, 1.54) is 10.5 Å².